The second-order valence-electron chi connectivity index (χ2n) is 4.01. The first kappa shape index (κ1) is 11.0. The van der Waals surface area contributed by atoms with Crippen LogP contribution in [0.1, 0.15) is 13.3 Å². The van der Waals surface area contributed by atoms with Crippen molar-refractivity contribution >= 4 is 15.9 Å². The molecule has 1 heterocycles. The molecule has 1 aliphatic heterocycles. The molecular weight excluding hydrogens is 254 g/mol. The van der Waals surface area contributed by atoms with E-state index in [0.717, 1.165) is 23.3 Å². The zero-order chi connectivity index (χ0) is 10.7. The summed E-state index contributed by atoms with van der Waals surface area (Å²) in [5.41, 5.74) is 0. The number of nitrogens with one attached hydrogen (secondary N) is 1. The number of hydrogen-bond donors (Lipinski definition) is 1. The summed E-state index contributed by atoms with van der Waals surface area (Å²) in [7, 11) is 0. The minimum Gasteiger partial charge on any atom is -0.489 e. The third-order valence-corrected chi connectivity index (χ3v) is 3.57. The highest BCUT2D eigenvalue weighted by Gasteiger charge is 2.22. The molecule has 2 atom stereocenters. The van der Waals surface area contributed by atoms with Crippen molar-refractivity contribution in [3.8, 4) is 5.75 Å². The first-order chi connectivity index (χ1) is 7.27. The Bertz CT molecular complexity index is 323. The summed E-state index contributed by atoms with van der Waals surface area (Å²) in [6, 6.07) is 8.01. The molecule has 1 fully saturated rings. The lowest BCUT2D eigenvalue weighted by molar-refractivity contribution is 0.160. The fourth-order valence-electron chi connectivity index (χ4n) is 1.91. The SMILES string of the molecule is CC(Oc1ccccc1Br)C1CCNC1. The number of hydrogen-bond acceptors (Lipinski definition) is 2. The molecule has 0 bridgehead atoms. The fourth-order valence-corrected chi connectivity index (χ4v) is 2.29. The number of rotatable bonds is 3. The molecule has 15 heavy (non-hydrogen) atoms. The van der Waals surface area contributed by atoms with E-state index in [4.69, 9.17) is 4.74 Å². The summed E-state index contributed by atoms with van der Waals surface area (Å²) in [6.45, 7) is 4.34. The second kappa shape index (κ2) is 4.99. The molecule has 82 valence electrons. The van der Waals surface area contributed by atoms with Gasteiger partial charge in [-0.05, 0) is 48.0 Å². The van der Waals surface area contributed by atoms with E-state index in [-0.39, 0.29) is 6.10 Å². The molecule has 0 radical (unpaired) electrons. The summed E-state index contributed by atoms with van der Waals surface area (Å²) < 4.78 is 6.97. The van der Waals surface area contributed by atoms with Gasteiger partial charge in [-0.15, -0.1) is 0 Å². The zero-order valence-corrected chi connectivity index (χ0v) is 10.5. The Morgan fingerprint density at radius 1 is 1.47 bits per heavy atom. The molecule has 1 aliphatic rings. The minimum atomic E-state index is 0.277. The summed E-state index contributed by atoms with van der Waals surface area (Å²) in [6.07, 6.45) is 1.49. The molecule has 2 rings (SSSR count). The van der Waals surface area contributed by atoms with Gasteiger partial charge in [0.1, 0.15) is 11.9 Å². The topological polar surface area (TPSA) is 21.3 Å². The van der Waals surface area contributed by atoms with Crippen molar-refractivity contribution in [1.29, 1.82) is 0 Å². The Labute approximate surface area is 99.1 Å². The summed E-state index contributed by atoms with van der Waals surface area (Å²) in [5, 5.41) is 3.36. The Kier molecular flexibility index (Phi) is 3.65. The highest BCUT2D eigenvalue weighted by Crippen LogP contribution is 2.27. The van der Waals surface area contributed by atoms with Crippen molar-refractivity contribution < 1.29 is 4.74 Å². The van der Waals surface area contributed by atoms with E-state index in [1.807, 2.05) is 24.3 Å². The van der Waals surface area contributed by atoms with Gasteiger partial charge >= 0.3 is 0 Å². The fraction of sp³-hybridized carbons (Fsp3) is 0.500. The van der Waals surface area contributed by atoms with Crippen LogP contribution in [0.15, 0.2) is 28.7 Å². The first-order valence-electron chi connectivity index (χ1n) is 5.39. The van der Waals surface area contributed by atoms with Gasteiger partial charge in [0.25, 0.3) is 0 Å². The number of para-hydroxylation sites is 1. The van der Waals surface area contributed by atoms with Gasteiger partial charge in [-0.3, -0.25) is 0 Å². The molecule has 0 aromatic heterocycles. The zero-order valence-electron chi connectivity index (χ0n) is 8.87. The van der Waals surface area contributed by atoms with Crippen molar-refractivity contribution in [1.82, 2.24) is 5.32 Å². The normalized spacial score (nSPS) is 22.7. The van der Waals surface area contributed by atoms with Crippen LogP contribution in [0.4, 0.5) is 0 Å². The third-order valence-electron chi connectivity index (χ3n) is 2.91. The van der Waals surface area contributed by atoms with E-state index in [0.29, 0.717) is 5.92 Å². The predicted molar refractivity (Wildman–Crippen MR) is 65.2 cm³/mol. The van der Waals surface area contributed by atoms with Crippen LogP contribution < -0.4 is 10.1 Å². The van der Waals surface area contributed by atoms with Crippen LogP contribution in [-0.4, -0.2) is 19.2 Å². The van der Waals surface area contributed by atoms with E-state index in [2.05, 4.69) is 28.2 Å². The van der Waals surface area contributed by atoms with Crippen LogP contribution in [0, 0.1) is 5.92 Å². The standard InChI is InChI=1S/C12H16BrNO/c1-9(10-6-7-14-8-10)15-12-5-3-2-4-11(12)13/h2-5,9-10,14H,6-8H2,1H3. The van der Waals surface area contributed by atoms with Gasteiger partial charge in [-0.25, -0.2) is 0 Å². The van der Waals surface area contributed by atoms with Crippen LogP contribution in [0.2, 0.25) is 0 Å². The van der Waals surface area contributed by atoms with E-state index in [1.54, 1.807) is 0 Å². The van der Waals surface area contributed by atoms with Gasteiger partial charge in [0.05, 0.1) is 4.47 Å². The smallest absolute Gasteiger partial charge is 0.133 e. The van der Waals surface area contributed by atoms with Crippen LogP contribution >= 0.6 is 15.9 Å². The number of ether oxygens (including phenoxy) is 1. The molecule has 0 spiro atoms. The highest BCUT2D eigenvalue weighted by molar-refractivity contribution is 9.10. The van der Waals surface area contributed by atoms with Crippen LogP contribution in [-0.2, 0) is 0 Å². The second-order valence-corrected chi connectivity index (χ2v) is 4.86. The van der Waals surface area contributed by atoms with Crippen LogP contribution in [0.3, 0.4) is 0 Å². The summed E-state index contributed by atoms with van der Waals surface area (Å²) in [5.74, 6) is 1.58. The molecule has 1 aromatic rings. The molecule has 1 aromatic carbocycles. The third kappa shape index (κ3) is 2.73. The molecule has 0 aliphatic carbocycles. The van der Waals surface area contributed by atoms with E-state index in [1.165, 1.54) is 6.42 Å². The molecule has 1 N–H and O–H groups in total. The molecule has 3 heteroatoms. The lowest BCUT2D eigenvalue weighted by atomic mass is 10.0. The number of halogens is 1. The maximum atomic E-state index is 5.94. The molecule has 0 amide bonds. The van der Waals surface area contributed by atoms with Crippen molar-refractivity contribution in [3.63, 3.8) is 0 Å². The quantitative estimate of drug-likeness (QED) is 0.911. The van der Waals surface area contributed by atoms with Crippen LogP contribution in [0.5, 0.6) is 5.75 Å². The number of benzene rings is 1. The van der Waals surface area contributed by atoms with Gasteiger partial charge < -0.3 is 10.1 Å². The van der Waals surface area contributed by atoms with E-state index < -0.39 is 0 Å². The lowest BCUT2D eigenvalue weighted by Crippen LogP contribution is -2.25. The van der Waals surface area contributed by atoms with Gasteiger partial charge in [0, 0.05) is 12.5 Å². The summed E-state index contributed by atoms with van der Waals surface area (Å²) >= 11 is 3.49. The van der Waals surface area contributed by atoms with Crippen molar-refractivity contribution in [2.45, 2.75) is 19.4 Å². The first-order valence-corrected chi connectivity index (χ1v) is 6.18. The monoisotopic (exact) mass is 269 g/mol. The molecule has 0 saturated carbocycles. The highest BCUT2D eigenvalue weighted by atomic mass is 79.9. The molecular formula is C12H16BrNO. The maximum absolute atomic E-state index is 5.94. The Morgan fingerprint density at radius 2 is 2.27 bits per heavy atom. The maximum Gasteiger partial charge on any atom is 0.133 e. The molecule has 1 saturated heterocycles. The van der Waals surface area contributed by atoms with Crippen LogP contribution in [0.25, 0.3) is 0 Å². The molecule has 2 unspecified atom stereocenters. The summed E-state index contributed by atoms with van der Waals surface area (Å²) in [4.78, 5) is 0. The lowest BCUT2D eigenvalue weighted by Gasteiger charge is -2.20. The van der Waals surface area contributed by atoms with Gasteiger partial charge in [0.15, 0.2) is 0 Å². The van der Waals surface area contributed by atoms with Crippen molar-refractivity contribution in [3.05, 3.63) is 28.7 Å². The van der Waals surface area contributed by atoms with E-state index >= 15 is 0 Å². The van der Waals surface area contributed by atoms with E-state index in [9.17, 15) is 0 Å². The van der Waals surface area contributed by atoms with Crippen molar-refractivity contribution in [2.24, 2.45) is 5.92 Å². The largest absolute Gasteiger partial charge is 0.489 e. The Balaban J connectivity index is 1.99. The van der Waals surface area contributed by atoms with Gasteiger partial charge in [-0.2, -0.15) is 0 Å². The average Bonchev–Trinajstić information content (AvgIpc) is 2.74. The Hall–Kier alpha value is -0.540. The van der Waals surface area contributed by atoms with Gasteiger partial charge in [0.2, 0.25) is 0 Å². The van der Waals surface area contributed by atoms with Crippen molar-refractivity contribution in [2.75, 3.05) is 13.1 Å². The van der Waals surface area contributed by atoms with Gasteiger partial charge in [-0.1, -0.05) is 12.1 Å². The molecule has 2 nitrogen and oxygen atoms in total. The predicted octanol–water partition coefficient (Wildman–Crippen LogP) is 2.83. The Morgan fingerprint density at radius 3 is 2.93 bits per heavy atom. The average molecular weight is 270 g/mol. The minimum absolute atomic E-state index is 0.277.